The third-order valence-electron chi connectivity index (χ3n) is 3.90. The summed E-state index contributed by atoms with van der Waals surface area (Å²) in [5.74, 6) is 0. The van der Waals surface area contributed by atoms with Gasteiger partial charge in [0.2, 0.25) is 0 Å². The lowest BCUT2D eigenvalue weighted by molar-refractivity contribution is 0.138. The molecule has 1 fully saturated rings. The molecular weight excluding hydrogens is 307 g/mol. The zero-order chi connectivity index (χ0) is 13.4. The van der Waals surface area contributed by atoms with Crippen molar-refractivity contribution in [3.63, 3.8) is 0 Å². The van der Waals surface area contributed by atoms with Crippen LogP contribution >= 0.6 is 24.8 Å². The van der Waals surface area contributed by atoms with Crippen LogP contribution in [0.15, 0.2) is 24.3 Å². The lowest BCUT2D eigenvalue weighted by Gasteiger charge is -2.20. The van der Waals surface area contributed by atoms with Gasteiger partial charge in [0, 0.05) is 22.7 Å². The largest absolute Gasteiger partial charge is 0.387 e. The Morgan fingerprint density at radius 2 is 2.00 bits per heavy atom. The number of aryl methyl sites for hydroxylation is 2. The van der Waals surface area contributed by atoms with E-state index in [4.69, 9.17) is 0 Å². The van der Waals surface area contributed by atoms with Gasteiger partial charge >= 0.3 is 0 Å². The topological polar surface area (TPSA) is 45.1 Å². The molecule has 0 aliphatic carbocycles. The lowest BCUT2D eigenvalue weighted by atomic mass is 9.96. The molecule has 2 aromatic rings. The van der Waals surface area contributed by atoms with Crippen molar-refractivity contribution >= 4 is 35.7 Å². The van der Waals surface area contributed by atoms with Gasteiger partial charge in [-0.05, 0) is 45.4 Å². The minimum absolute atomic E-state index is 0. The number of aromatic nitrogens is 1. The van der Waals surface area contributed by atoms with Crippen LogP contribution in [0.25, 0.3) is 10.9 Å². The highest BCUT2D eigenvalue weighted by Gasteiger charge is 2.25. The molecule has 2 unspecified atom stereocenters. The number of halogens is 2. The number of nitrogens with zero attached hydrogens (tertiary/aromatic N) is 1. The quantitative estimate of drug-likeness (QED) is 0.887. The van der Waals surface area contributed by atoms with Gasteiger partial charge in [-0.3, -0.25) is 4.98 Å². The Morgan fingerprint density at radius 3 is 2.67 bits per heavy atom. The van der Waals surface area contributed by atoms with Crippen LogP contribution in [0.5, 0.6) is 0 Å². The number of fused-ring (bicyclic) bond motifs is 1. The van der Waals surface area contributed by atoms with Crippen molar-refractivity contribution in [1.82, 2.24) is 10.3 Å². The molecule has 116 valence electrons. The van der Waals surface area contributed by atoms with Crippen LogP contribution in [-0.2, 0) is 0 Å². The first-order chi connectivity index (χ1) is 9.15. The summed E-state index contributed by atoms with van der Waals surface area (Å²) in [5.41, 5.74) is 4.05. The average molecular weight is 329 g/mol. The molecule has 1 aliphatic heterocycles. The Labute approximate surface area is 138 Å². The smallest absolute Gasteiger partial charge is 0.0964 e. The summed E-state index contributed by atoms with van der Waals surface area (Å²) in [6.45, 7) is 5.05. The molecule has 5 heteroatoms. The molecular formula is C16H22Cl2N2O. The molecule has 2 atom stereocenters. The highest BCUT2D eigenvalue weighted by Crippen LogP contribution is 2.29. The second kappa shape index (κ2) is 7.41. The highest BCUT2D eigenvalue weighted by molar-refractivity contribution is 5.85. The van der Waals surface area contributed by atoms with Crippen LogP contribution in [0.4, 0.5) is 0 Å². The van der Waals surface area contributed by atoms with Crippen LogP contribution in [0.2, 0.25) is 0 Å². The fourth-order valence-electron chi connectivity index (χ4n) is 2.94. The van der Waals surface area contributed by atoms with Crippen molar-refractivity contribution in [2.75, 3.05) is 6.54 Å². The summed E-state index contributed by atoms with van der Waals surface area (Å²) in [4.78, 5) is 4.62. The fourth-order valence-corrected chi connectivity index (χ4v) is 2.94. The minimum atomic E-state index is -0.473. The van der Waals surface area contributed by atoms with Gasteiger partial charge < -0.3 is 10.4 Å². The number of benzene rings is 1. The normalized spacial score (nSPS) is 18.9. The maximum atomic E-state index is 10.6. The SMILES string of the molecule is Cc1cc(C(O)C2CCCN2)c2nc(C)ccc2c1.Cl.Cl. The third-order valence-corrected chi connectivity index (χ3v) is 3.90. The first kappa shape index (κ1) is 18.2. The second-order valence-electron chi connectivity index (χ2n) is 5.53. The van der Waals surface area contributed by atoms with Gasteiger partial charge in [-0.1, -0.05) is 17.7 Å². The van der Waals surface area contributed by atoms with Crippen molar-refractivity contribution in [2.45, 2.75) is 38.8 Å². The van der Waals surface area contributed by atoms with Gasteiger partial charge in [-0.25, -0.2) is 0 Å². The van der Waals surface area contributed by atoms with Crippen molar-refractivity contribution < 1.29 is 5.11 Å². The van der Waals surface area contributed by atoms with Crippen molar-refractivity contribution in [3.05, 3.63) is 41.1 Å². The number of hydrogen-bond acceptors (Lipinski definition) is 3. The molecule has 1 aromatic heterocycles. The molecule has 2 N–H and O–H groups in total. The number of rotatable bonds is 2. The van der Waals surface area contributed by atoms with Crippen LogP contribution in [0.1, 0.15) is 35.8 Å². The second-order valence-corrected chi connectivity index (χ2v) is 5.53. The van der Waals surface area contributed by atoms with Gasteiger partial charge in [0.25, 0.3) is 0 Å². The predicted molar refractivity (Wildman–Crippen MR) is 91.7 cm³/mol. The first-order valence-electron chi connectivity index (χ1n) is 6.94. The Bertz CT molecular complexity index is 612. The molecule has 0 spiro atoms. The van der Waals surface area contributed by atoms with Gasteiger partial charge in [-0.2, -0.15) is 0 Å². The molecule has 2 heterocycles. The Kier molecular flexibility index (Phi) is 6.41. The molecule has 21 heavy (non-hydrogen) atoms. The molecule has 0 saturated carbocycles. The van der Waals surface area contributed by atoms with Crippen molar-refractivity contribution in [2.24, 2.45) is 0 Å². The fraction of sp³-hybridized carbons (Fsp3) is 0.438. The molecule has 0 bridgehead atoms. The first-order valence-corrected chi connectivity index (χ1v) is 6.94. The van der Waals surface area contributed by atoms with Crippen LogP contribution in [0, 0.1) is 13.8 Å². The summed E-state index contributed by atoms with van der Waals surface area (Å²) in [7, 11) is 0. The number of pyridine rings is 1. The van der Waals surface area contributed by atoms with E-state index in [0.29, 0.717) is 0 Å². The lowest BCUT2D eigenvalue weighted by Crippen LogP contribution is -2.29. The van der Waals surface area contributed by atoms with Crippen LogP contribution in [0.3, 0.4) is 0 Å². The van der Waals surface area contributed by atoms with Gasteiger partial charge in [0.05, 0.1) is 11.6 Å². The van der Waals surface area contributed by atoms with Gasteiger partial charge in [-0.15, -0.1) is 24.8 Å². The Hall–Kier alpha value is -0.870. The van der Waals surface area contributed by atoms with E-state index in [1.807, 2.05) is 13.0 Å². The van der Waals surface area contributed by atoms with Crippen molar-refractivity contribution in [1.29, 1.82) is 0 Å². The third kappa shape index (κ3) is 3.67. The molecule has 0 radical (unpaired) electrons. The van der Waals surface area contributed by atoms with Gasteiger partial charge in [0.15, 0.2) is 0 Å². The van der Waals surface area contributed by atoms with E-state index in [2.05, 4.69) is 35.4 Å². The van der Waals surface area contributed by atoms with Crippen LogP contribution in [-0.4, -0.2) is 22.7 Å². The van der Waals surface area contributed by atoms with E-state index < -0.39 is 6.10 Å². The molecule has 1 saturated heterocycles. The van der Waals surface area contributed by atoms with E-state index in [0.717, 1.165) is 41.5 Å². The summed E-state index contributed by atoms with van der Waals surface area (Å²) >= 11 is 0. The van der Waals surface area contributed by atoms with E-state index >= 15 is 0 Å². The molecule has 1 aliphatic rings. The standard InChI is InChI=1S/C16H20N2O.2ClH/c1-10-8-12-6-5-11(2)18-15(12)13(9-10)16(19)14-4-3-7-17-14;;/h5-6,8-9,14,16-17,19H,3-4,7H2,1-2H3;2*1H. The van der Waals surface area contributed by atoms with E-state index in [-0.39, 0.29) is 30.9 Å². The number of hydrogen-bond donors (Lipinski definition) is 2. The molecule has 3 rings (SSSR count). The zero-order valence-corrected chi connectivity index (χ0v) is 13.9. The van der Waals surface area contributed by atoms with E-state index in [9.17, 15) is 5.11 Å². The van der Waals surface area contributed by atoms with Crippen LogP contribution < -0.4 is 5.32 Å². The maximum Gasteiger partial charge on any atom is 0.0964 e. The minimum Gasteiger partial charge on any atom is -0.387 e. The molecule has 1 aromatic carbocycles. The average Bonchev–Trinajstić information content (AvgIpc) is 2.91. The zero-order valence-electron chi connectivity index (χ0n) is 12.3. The molecule has 3 nitrogen and oxygen atoms in total. The Balaban J connectivity index is 0.00000110. The predicted octanol–water partition coefficient (Wildman–Crippen LogP) is 3.48. The van der Waals surface area contributed by atoms with E-state index in [1.54, 1.807) is 0 Å². The Morgan fingerprint density at radius 1 is 1.24 bits per heavy atom. The number of aliphatic hydroxyl groups is 1. The summed E-state index contributed by atoms with van der Waals surface area (Å²) < 4.78 is 0. The monoisotopic (exact) mass is 328 g/mol. The van der Waals surface area contributed by atoms with Crippen molar-refractivity contribution in [3.8, 4) is 0 Å². The number of aliphatic hydroxyl groups excluding tert-OH is 1. The molecule has 0 amide bonds. The number of nitrogens with one attached hydrogen (secondary N) is 1. The highest BCUT2D eigenvalue weighted by atomic mass is 35.5. The summed E-state index contributed by atoms with van der Waals surface area (Å²) in [6, 6.07) is 8.46. The maximum absolute atomic E-state index is 10.6. The van der Waals surface area contributed by atoms with E-state index in [1.165, 1.54) is 5.56 Å². The summed E-state index contributed by atoms with van der Waals surface area (Å²) in [5, 5.41) is 15.1. The van der Waals surface area contributed by atoms with Gasteiger partial charge in [0.1, 0.15) is 0 Å². The summed E-state index contributed by atoms with van der Waals surface area (Å²) in [6.07, 6.45) is 1.69.